The van der Waals surface area contributed by atoms with Crippen LogP contribution in [0.4, 0.5) is 0 Å². The quantitative estimate of drug-likeness (QED) is 0.328. The molecule has 0 fully saturated rings. The second-order valence-corrected chi connectivity index (χ2v) is 22.0. The van der Waals surface area contributed by atoms with E-state index in [0.29, 0.717) is 12.2 Å². The lowest BCUT2D eigenvalue weighted by Crippen LogP contribution is -2.67. The highest BCUT2D eigenvalue weighted by molar-refractivity contribution is 6.99. The Morgan fingerprint density at radius 1 is 0.865 bits per heavy atom. The Labute approximate surface area is 226 Å². The van der Waals surface area contributed by atoms with Gasteiger partial charge in [-0.25, -0.2) is 0 Å². The fraction of sp³-hybridized carbons (Fsp3) is 0.516. The van der Waals surface area contributed by atoms with Gasteiger partial charge in [0.1, 0.15) is 6.29 Å². The van der Waals surface area contributed by atoms with Crippen molar-refractivity contribution in [1.29, 1.82) is 0 Å². The van der Waals surface area contributed by atoms with E-state index in [2.05, 4.69) is 103 Å². The SMILES string of the molecule is CC1=C(C=O)[C@@H](CO)[C@@H](CO[Si](c2ccccc2)(c2ccccc2)C(C)(C)C)[C@H]1O[Si](C)(C)C(C)(C)C. The molecule has 2 aromatic rings. The molecule has 37 heavy (non-hydrogen) atoms. The van der Waals surface area contributed by atoms with Crippen LogP contribution in [0.15, 0.2) is 71.8 Å². The third-order valence-electron chi connectivity index (χ3n) is 8.65. The third kappa shape index (κ3) is 5.64. The van der Waals surface area contributed by atoms with Crippen LogP contribution in [0.25, 0.3) is 0 Å². The molecule has 1 aliphatic carbocycles. The zero-order chi connectivity index (χ0) is 27.6. The van der Waals surface area contributed by atoms with Crippen LogP contribution in [0.1, 0.15) is 48.5 Å². The first-order valence-corrected chi connectivity index (χ1v) is 18.2. The van der Waals surface area contributed by atoms with Crippen LogP contribution in [-0.4, -0.2) is 47.3 Å². The maximum atomic E-state index is 12.2. The predicted molar refractivity (Wildman–Crippen MR) is 158 cm³/mol. The first kappa shape index (κ1) is 29.7. The van der Waals surface area contributed by atoms with Gasteiger partial charge in [0.15, 0.2) is 8.32 Å². The summed E-state index contributed by atoms with van der Waals surface area (Å²) < 4.78 is 14.2. The monoisotopic (exact) mass is 538 g/mol. The van der Waals surface area contributed by atoms with Gasteiger partial charge >= 0.3 is 0 Å². The van der Waals surface area contributed by atoms with E-state index in [9.17, 15) is 9.90 Å². The molecule has 6 heteroatoms. The molecule has 202 valence electrons. The summed E-state index contributed by atoms with van der Waals surface area (Å²) in [7, 11) is -4.92. The van der Waals surface area contributed by atoms with Crippen molar-refractivity contribution in [3.63, 3.8) is 0 Å². The first-order chi connectivity index (χ1) is 17.2. The van der Waals surface area contributed by atoms with Gasteiger partial charge in [0.25, 0.3) is 8.32 Å². The number of aldehydes is 1. The van der Waals surface area contributed by atoms with Gasteiger partial charge in [-0.2, -0.15) is 0 Å². The summed E-state index contributed by atoms with van der Waals surface area (Å²) >= 11 is 0. The van der Waals surface area contributed by atoms with E-state index >= 15 is 0 Å². The summed E-state index contributed by atoms with van der Waals surface area (Å²) in [5.41, 5.74) is 1.61. The highest BCUT2D eigenvalue weighted by atomic mass is 28.4. The third-order valence-corrected chi connectivity index (χ3v) is 18.1. The van der Waals surface area contributed by atoms with Gasteiger partial charge < -0.3 is 14.0 Å². The first-order valence-electron chi connectivity index (χ1n) is 13.4. The van der Waals surface area contributed by atoms with Crippen LogP contribution in [0.2, 0.25) is 23.2 Å². The number of hydrogen-bond donors (Lipinski definition) is 1. The summed E-state index contributed by atoms with van der Waals surface area (Å²) in [6, 6.07) is 21.2. The minimum absolute atomic E-state index is 0.0231. The minimum Gasteiger partial charge on any atom is -0.410 e. The predicted octanol–water partition coefficient (Wildman–Crippen LogP) is 5.71. The number of aliphatic hydroxyl groups is 1. The van der Waals surface area contributed by atoms with Crippen molar-refractivity contribution in [1.82, 2.24) is 0 Å². The Morgan fingerprint density at radius 3 is 1.73 bits per heavy atom. The second-order valence-electron chi connectivity index (χ2n) is 13.0. The van der Waals surface area contributed by atoms with E-state index in [1.54, 1.807) is 0 Å². The summed E-state index contributed by atoms with van der Waals surface area (Å²) in [5, 5.41) is 12.8. The van der Waals surface area contributed by atoms with Crippen molar-refractivity contribution >= 4 is 33.3 Å². The molecule has 0 aromatic heterocycles. The molecule has 1 aliphatic rings. The Kier molecular flexibility index (Phi) is 8.92. The molecular formula is C31H46O4Si2. The molecule has 0 saturated carbocycles. The van der Waals surface area contributed by atoms with Crippen molar-refractivity contribution < 1.29 is 18.8 Å². The molecule has 0 saturated heterocycles. The summed E-state index contributed by atoms with van der Waals surface area (Å²) in [4.78, 5) is 12.2. The van der Waals surface area contributed by atoms with Crippen LogP contribution in [0.5, 0.6) is 0 Å². The standard InChI is InChI=1S/C31H46O4Si2/c1-23-26(20-32)27(21-33)28(29(23)35-36(8,9)30(2,3)4)22-34-37(31(5,6)7,24-16-12-10-13-17-24)25-18-14-11-15-19-25/h10-20,27-29,33H,21-22H2,1-9H3/t27-,28-,29+/m1/s1. The Morgan fingerprint density at radius 2 is 1.35 bits per heavy atom. The highest BCUT2D eigenvalue weighted by Gasteiger charge is 2.53. The molecule has 2 aromatic carbocycles. The highest BCUT2D eigenvalue weighted by Crippen LogP contribution is 2.45. The lowest BCUT2D eigenvalue weighted by atomic mass is 9.92. The van der Waals surface area contributed by atoms with E-state index in [0.717, 1.165) is 11.9 Å². The maximum Gasteiger partial charge on any atom is 0.261 e. The summed E-state index contributed by atoms with van der Waals surface area (Å²) in [6.07, 6.45) is 0.664. The van der Waals surface area contributed by atoms with E-state index in [1.807, 2.05) is 19.1 Å². The smallest absolute Gasteiger partial charge is 0.261 e. The summed E-state index contributed by atoms with van der Waals surface area (Å²) in [6.45, 7) is 20.3. The van der Waals surface area contributed by atoms with Crippen LogP contribution in [0, 0.1) is 11.8 Å². The van der Waals surface area contributed by atoms with E-state index in [-0.39, 0.29) is 34.6 Å². The van der Waals surface area contributed by atoms with Gasteiger partial charge in [-0.15, -0.1) is 0 Å². The van der Waals surface area contributed by atoms with Gasteiger partial charge in [-0.1, -0.05) is 102 Å². The van der Waals surface area contributed by atoms with Crippen molar-refractivity contribution in [2.45, 2.75) is 77.7 Å². The molecule has 0 bridgehead atoms. The number of carbonyl (C=O) groups excluding carboxylic acids is 1. The zero-order valence-electron chi connectivity index (χ0n) is 24.2. The number of hydrogen-bond acceptors (Lipinski definition) is 4. The van der Waals surface area contributed by atoms with E-state index < -0.39 is 16.6 Å². The van der Waals surface area contributed by atoms with Crippen LogP contribution < -0.4 is 10.4 Å². The number of carbonyl (C=O) groups is 1. The largest absolute Gasteiger partial charge is 0.410 e. The Bertz CT molecular complexity index is 1040. The van der Waals surface area contributed by atoms with Gasteiger partial charge in [0.05, 0.1) is 12.7 Å². The second kappa shape index (κ2) is 11.1. The molecule has 0 amide bonds. The Hall–Kier alpha value is -1.84. The van der Waals surface area contributed by atoms with Gasteiger partial charge in [-0.05, 0) is 51.6 Å². The maximum absolute atomic E-state index is 12.2. The van der Waals surface area contributed by atoms with Gasteiger partial charge in [0, 0.05) is 18.4 Å². The van der Waals surface area contributed by atoms with E-state index in [1.165, 1.54) is 10.4 Å². The topological polar surface area (TPSA) is 55.8 Å². The van der Waals surface area contributed by atoms with Crippen molar-refractivity contribution in [3.05, 3.63) is 71.8 Å². The average molecular weight is 539 g/mol. The van der Waals surface area contributed by atoms with Crippen LogP contribution in [-0.2, 0) is 13.6 Å². The van der Waals surface area contributed by atoms with Gasteiger partial charge in [0.2, 0.25) is 0 Å². The number of benzene rings is 2. The summed E-state index contributed by atoms with van der Waals surface area (Å²) in [5.74, 6) is -0.438. The molecular weight excluding hydrogens is 493 g/mol. The normalized spacial score (nSPS) is 21.4. The molecule has 0 unspecified atom stereocenters. The van der Waals surface area contributed by atoms with Crippen molar-refractivity contribution in [2.24, 2.45) is 11.8 Å². The van der Waals surface area contributed by atoms with Crippen LogP contribution in [0.3, 0.4) is 0 Å². The Balaban J connectivity index is 2.10. The van der Waals surface area contributed by atoms with Crippen molar-refractivity contribution in [2.75, 3.05) is 13.2 Å². The molecule has 0 aliphatic heterocycles. The lowest BCUT2D eigenvalue weighted by molar-refractivity contribution is -0.105. The fourth-order valence-corrected chi connectivity index (χ4v) is 11.4. The number of rotatable bonds is 9. The van der Waals surface area contributed by atoms with Crippen LogP contribution >= 0.6 is 0 Å². The molecule has 0 radical (unpaired) electrons. The van der Waals surface area contributed by atoms with Gasteiger partial charge in [-0.3, -0.25) is 4.79 Å². The average Bonchev–Trinajstić information content (AvgIpc) is 3.08. The minimum atomic E-state index is -2.77. The lowest BCUT2D eigenvalue weighted by Gasteiger charge is -2.45. The number of aliphatic hydroxyl groups excluding tert-OH is 1. The molecule has 0 spiro atoms. The molecule has 3 rings (SSSR count). The zero-order valence-corrected chi connectivity index (χ0v) is 26.2. The molecule has 0 heterocycles. The van der Waals surface area contributed by atoms with Crippen molar-refractivity contribution in [3.8, 4) is 0 Å². The molecule has 1 N–H and O–H groups in total. The molecule has 3 atom stereocenters. The fourth-order valence-electron chi connectivity index (χ4n) is 5.49. The molecule has 4 nitrogen and oxygen atoms in total. The van der Waals surface area contributed by atoms with E-state index in [4.69, 9.17) is 8.85 Å².